The number of anilines is 1. The van der Waals surface area contributed by atoms with Crippen LogP contribution in [0, 0.1) is 0 Å². The highest BCUT2D eigenvalue weighted by molar-refractivity contribution is 7.20. The Bertz CT molecular complexity index is 607. The molecule has 0 unspecified atom stereocenters. The van der Waals surface area contributed by atoms with Crippen LogP contribution in [0.2, 0.25) is 0 Å². The molecule has 0 aliphatic heterocycles. The van der Waals surface area contributed by atoms with Crippen LogP contribution < -0.4 is 5.32 Å². The van der Waals surface area contributed by atoms with Gasteiger partial charge < -0.3 is 10.1 Å². The lowest BCUT2D eigenvalue weighted by atomic mass is 10.2. The van der Waals surface area contributed by atoms with Gasteiger partial charge in [0.25, 0.3) is 0 Å². The van der Waals surface area contributed by atoms with Gasteiger partial charge in [0.2, 0.25) is 5.91 Å². The molecule has 1 N–H and O–H groups in total. The molecular weight excluding hydrogens is 318 g/mol. The minimum absolute atomic E-state index is 0.159. The Hall–Kier alpha value is -1.37. The van der Waals surface area contributed by atoms with Crippen molar-refractivity contribution in [2.24, 2.45) is 0 Å². The van der Waals surface area contributed by atoms with Crippen LogP contribution in [0.3, 0.4) is 0 Å². The summed E-state index contributed by atoms with van der Waals surface area (Å²) in [5.74, 6) is -0.959. The highest BCUT2D eigenvalue weighted by Crippen LogP contribution is 2.36. The van der Waals surface area contributed by atoms with Gasteiger partial charge in [-0.25, -0.2) is 4.79 Å². The molecule has 0 aromatic carbocycles. The number of thiophene rings is 2. The smallest absolute Gasteiger partial charge is 0.341 e. The molecule has 20 heavy (non-hydrogen) atoms. The first kappa shape index (κ1) is 15.0. The molecule has 2 aromatic rings. The fraction of sp³-hybridized carbons (Fsp3) is 0.231. The Balaban J connectivity index is 2.36. The Morgan fingerprint density at radius 3 is 2.85 bits per heavy atom. The number of ether oxygens (including phenoxy) is 1. The molecule has 0 spiro atoms. The van der Waals surface area contributed by atoms with Crippen LogP contribution in [0.15, 0.2) is 22.9 Å². The van der Waals surface area contributed by atoms with Gasteiger partial charge in [0.15, 0.2) is 0 Å². The molecule has 1 amide bonds. The van der Waals surface area contributed by atoms with Crippen molar-refractivity contribution in [2.45, 2.75) is 6.92 Å². The monoisotopic (exact) mass is 329 g/mol. The largest absolute Gasteiger partial charge is 0.462 e. The molecule has 0 bridgehead atoms. The van der Waals surface area contributed by atoms with Crippen molar-refractivity contribution in [2.75, 3.05) is 17.8 Å². The Morgan fingerprint density at radius 2 is 2.25 bits per heavy atom. The highest BCUT2D eigenvalue weighted by atomic mass is 35.5. The molecule has 0 saturated carbocycles. The molecule has 2 aromatic heterocycles. The third-order valence-corrected chi connectivity index (χ3v) is 4.43. The number of rotatable bonds is 5. The fourth-order valence-electron chi connectivity index (χ4n) is 1.55. The van der Waals surface area contributed by atoms with Gasteiger partial charge in [-0.2, -0.15) is 11.3 Å². The van der Waals surface area contributed by atoms with E-state index in [2.05, 4.69) is 5.32 Å². The summed E-state index contributed by atoms with van der Waals surface area (Å²) in [5, 5.41) is 7.03. The van der Waals surface area contributed by atoms with Crippen molar-refractivity contribution in [1.82, 2.24) is 0 Å². The van der Waals surface area contributed by atoms with E-state index in [1.807, 2.05) is 16.8 Å². The minimum Gasteiger partial charge on any atom is -0.462 e. The van der Waals surface area contributed by atoms with Gasteiger partial charge in [-0.15, -0.1) is 22.9 Å². The summed E-state index contributed by atoms with van der Waals surface area (Å²) >= 11 is 8.38. The molecule has 0 fully saturated rings. The van der Waals surface area contributed by atoms with Crippen molar-refractivity contribution in [3.05, 3.63) is 28.5 Å². The standard InChI is InChI=1S/C13H12ClNO3S2/c1-2-18-13(17)9-5-10(8-3-4-19-7-8)20-12(9)15-11(16)6-14/h3-5,7H,2,6H2,1H3,(H,15,16). The van der Waals surface area contributed by atoms with E-state index in [1.165, 1.54) is 11.3 Å². The highest BCUT2D eigenvalue weighted by Gasteiger charge is 2.19. The van der Waals surface area contributed by atoms with E-state index in [0.29, 0.717) is 10.6 Å². The van der Waals surface area contributed by atoms with E-state index in [0.717, 1.165) is 10.4 Å². The zero-order valence-corrected chi connectivity index (χ0v) is 13.0. The lowest BCUT2D eigenvalue weighted by Gasteiger charge is -2.03. The molecule has 2 rings (SSSR count). The number of halogens is 1. The van der Waals surface area contributed by atoms with E-state index >= 15 is 0 Å². The molecular formula is C13H12ClNO3S2. The van der Waals surface area contributed by atoms with E-state index in [9.17, 15) is 9.59 Å². The fourth-order valence-corrected chi connectivity index (χ4v) is 3.41. The number of carbonyl (C=O) groups excluding carboxylic acids is 2. The van der Waals surface area contributed by atoms with Crippen molar-refractivity contribution in [1.29, 1.82) is 0 Å². The number of nitrogens with one attached hydrogen (secondary N) is 1. The van der Waals surface area contributed by atoms with Crippen LogP contribution >= 0.6 is 34.3 Å². The first-order valence-electron chi connectivity index (χ1n) is 5.85. The van der Waals surface area contributed by atoms with Gasteiger partial charge in [0.1, 0.15) is 10.9 Å². The van der Waals surface area contributed by atoms with Crippen molar-refractivity contribution in [3.63, 3.8) is 0 Å². The van der Waals surface area contributed by atoms with Crippen molar-refractivity contribution >= 4 is 51.2 Å². The van der Waals surface area contributed by atoms with Crippen molar-refractivity contribution in [3.8, 4) is 10.4 Å². The molecule has 0 aliphatic rings. The number of hydrogen-bond donors (Lipinski definition) is 1. The lowest BCUT2D eigenvalue weighted by Crippen LogP contribution is -2.14. The van der Waals surface area contributed by atoms with Gasteiger partial charge in [0.05, 0.1) is 12.2 Å². The third-order valence-electron chi connectivity index (χ3n) is 2.41. The van der Waals surface area contributed by atoms with Gasteiger partial charge in [-0.3, -0.25) is 4.79 Å². The normalized spacial score (nSPS) is 10.3. The number of esters is 1. The zero-order valence-electron chi connectivity index (χ0n) is 10.6. The van der Waals surface area contributed by atoms with E-state index in [-0.39, 0.29) is 18.4 Å². The molecule has 106 valence electrons. The first-order valence-corrected chi connectivity index (χ1v) is 8.14. The lowest BCUT2D eigenvalue weighted by molar-refractivity contribution is -0.113. The molecule has 0 radical (unpaired) electrons. The third kappa shape index (κ3) is 3.39. The summed E-state index contributed by atoms with van der Waals surface area (Å²) in [5.41, 5.74) is 1.37. The number of carbonyl (C=O) groups is 2. The van der Waals surface area contributed by atoms with Crippen LogP contribution in [-0.4, -0.2) is 24.4 Å². The van der Waals surface area contributed by atoms with Crippen LogP contribution in [0.5, 0.6) is 0 Å². The topological polar surface area (TPSA) is 55.4 Å². The summed E-state index contributed by atoms with van der Waals surface area (Å²) in [6.45, 7) is 2.02. The van der Waals surface area contributed by atoms with Crippen LogP contribution in [0.1, 0.15) is 17.3 Å². The Morgan fingerprint density at radius 1 is 1.45 bits per heavy atom. The van der Waals surface area contributed by atoms with E-state index < -0.39 is 5.97 Å². The quantitative estimate of drug-likeness (QED) is 0.670. The van der Waals surface area contributed by atoms with Crippen LogP contribution in [0.4, 0.5) is 5.00 Å². The second kappa shape index (κ2) is 6.88. The van der Waals surface area contributed by atoms with E-state index in [1.54, 1.807) is 24.3 Å². The number of amides is 1. The molecule has 0 aliphatic carbocycles. The Kier molecular flexibility index (Phi) is 5.17. The number of alkyl halides is 1. The minimum atomic E-state index is -0.449. The second-order valence-electron chi connectivity index (χ2n) is 3.77. The summed E-state index contributed by atoms with van der Waals surface area (Å²) in [6.07, 6.45) is 0. The van der Waals surface area contributed by atoms with Gasteiger partial charge >= 0.3 is 5.97 Å². The molecule has 0 saturated heterocycles. The summed E-state index contributed by atoms with van der Waals surface area (Å²) in [6, 6.07) is 3.69. The summed E-state index contributed by atoms with van der Waals surface area (Å²) in [7, 11) is 0. The SMILES string of the molecule is CCOC(=O)c1cc(-c2ccsc2)sc1NC(=O)CCl. The predicted molar refractivity (Wildman–Crippen MR) is 82.9 cm³/mol. The van der Waals surface area contributed by atoms with Crippen molar-refractivity contribution < 1.29 is 14.3 Å². The average Bonchev–Trinajstić information content (AvgIpc) is 3.07. The van der Waals surface area contributed by atoms with Gasteiger partial charge in [0, 0.05) is 10.4 Å². The number of hydrogen-bond acceptors (Lipinski definition) is 5. The van der Waals surface area contributed by atoms with Gasteiger partial charge in [-0.1, -0.05) is 0 Å². The second-order valence-corrected chi connectivity index (χ2v) is 5.87. The molecule has 7 heteroatoms. The zero-order chi connectivity index (χ0) is 14.5. The maximum Gasteiger partial charge on any atom is 0.341 e. The van der Waals surface area contributed by atoms with Crippen LogP contribution in [0.25, 0.3) is 10.4 Å². The maximum absolute atomic E-state index is 11.9. The van der Waals surface area contributed by atoms with E-state index in [4.69, 9.17) is 16.3 Å². The maximum atomic E-state index is 11.9. The van der Waals surface area contributed by atoms with Gasteiger partial charge in [-0.05, 0) is 29.8 Å². The predicted octanol–water partition coefficient (Wildman–Crippen LogP) is 3.83. The first-order chi connectivity index (χ1) is 9.65. The molecule has 0 atom stereocenters. The van der Waals surface area contributed by atoms with Crippen LogP contribution in [-0.2, 0) is 9.53 Å². The molecule has 4 nitrogen and oxygen atoms in total. The average molecular weight is 330 g/mol. The summed E-state index contributed by atoms with van der Waals surface area (Å²) in [4.78, 5) is 24.2. The molecule has 2 heterocycles. The summed E-state index contributed by atoms with van der Waals surface area (Å²) < 4.78 is 5.00. The Labute approximate surface area is 129 Å².